The van der Waals surface area contributed by atoms with Gasteiger partial charge in [-0.25, -0.2) is 4.57 Å². The van der Waals surface area contributed by atoms with E-state index in [0.717, 1.165) is 0 Å². The minimum atomic E-state index is -4.69. The number of aliphatic hydroxyl groups is 3. The summed E-state index contributed by atoms with van der Waals surface area (Å²) in [5, 5.41) is 27.1. The third-order valence-corrected chi connectivity index (χ3v) is 3.14. The molecule has 1 aliphatic rings. The molecule has 0 spiro atoms. The second-order valence-corrected chi connectivity index (χ2v) is 5.16. The van der Waals surface area contributed by atoms with Gasteiger partial charge in [0, 0.05) is 0 Å². The number of phosphoric ester groups is 1. The van der Waals surface area contributed by atoms with Crippen LogP contribution in [-0.4, -0.2) is 61.6 Å². The lowest BCUT2D eigenvalue weighted by Crippen LogP contribution is -2.56. The Hall–Kier alpha value is 0.300. The second-order valence-electron chi connectivity index (χ2n) is 3.32. The summed E-state index contributed by atoms with van der Waals surface area (Å²) in [6.45, 7) is -0.653. The fraction of sp³-hybridized carbons (Fsp3) is 1.00. The van der Waals surface area contributed by atoms with E-state index < -0.39 is 44.3 Å². The van der Waals surface area contributed by atoms with Crippen molar-refractivity contribution in [2.24, 2.45) is 0 Å². The first-order chi connectivity index (χ1) is 7.22. The van der Waals surface area contributed by atoms with Gasteiger partial charge in [-0.1, -0.05) is 0 Å². The lowest BCUT2D eigenvalue weighted by molar-refractivity contribution is -0.233. The fourth-order valence-corrected chi connectivity index (χ4v) is 1.83. The van der Waals surface area contributed by atoms with Crippen molar-refractivity contribution in [2.45, 2.75) is 29.9 Å². The molecule has 0 amide bonds. The van der Waals surface area contributed by atoms with Crippen LogP contribution < -0.4 is 0 Å². The maximum Gasteiger partial charge on any atom is 0.469 e. The normalized spacial score (nSPS) is 41.0. The van der Waals surface area contributed by atoms with Crippen molar-refractivity contribution in [2.75, 3.05) is 6.61 Å². The highest BCUT2D eigenvalue weighted by atomic mass is 32.1. The molecule has 10 heteroatoms. The molecule has 0 unspecified atom stereocenters. The van der Waals surface area contributed by atoms with Crippen LogP contribution in [0.1, 0.15) is 0 Å². The third kappa shape index (κ3) is 3.66. The summed E-state index contributed by atoms with van der Waals surface area (Å²) in [6, 6.07) is 0. The predicted molar refractivity (Wildman–Crippen MR) is 53.7 cm³/mol. The zero-order valence-electron chi connectivity index (χ0n) is 7.95. The molecule has 1 saturated heterocycles. The molecule has 0 aromatic carbocycles. The molecule has 5 N–H and O–H groups in total. The van der Waals surface area contributed by atoms with Gasteiger partial charge < -0.3 is 29.8 Å². The van der Waals surface area contributed by atoms with Crippen molar-refractivity contribution in [1.82, 2.24) is 0 Å². The Balaban J connectivity index is 2.57. The molecule has 5 atom stereocenters. The molecule has 16 heavy (non-hydrogen) atoms. The van der Waals surface area contributed by atoms with Crippen LogP contribution in [-0.2, 0) is 13.8 Å². The second kappa shape index (κ2) is 5.30. The van der Waals surface area contributed by atoms with Gasteiger partial charge in [0.15, 0.2) is 6.29 Å². The van der Waals surface area contributed by atoms with E-state index in [-0.39, 0.29) is 0 Å². The third-order valence-electron chi connectivity index (χ3n) is 2.09. The maximum atomic E-state index is 10.4. The van der Waals surface area contributed by atoms with E-state index in [9.17, 15) is 19.9 Å². The van der Waals surface area contributed by atoms with Crippen LogP contribution in [0.2, 0.25) is 0 Å². The monoisotopic (exact) mass is 276 g/mol. The molecule has 1 aliphatic heterocycles. The molecule has 0 aliphatic carbocycles. The van der Waals surface area contributed by atoms with Gasteiger partial charge >= 0.3 is 7.82 Å². The summed E-state index contributed by atoms with van der Waals surface area (Å²) in [6.07, 6.45) is -5.51. The van der Waals surface area contributed by atoms with Gasteiger partial charge in [0.2, 0.25) is 0 Å². The van der Waals surface area contributed by atoms with E-state index in [4.69, 9.17) is 14.5 Å². The summed E-state index contributed by atoms with van der Waals surface area (Å²) in [5.41, 5.74) is 0. The summed E-state index contributed by atoms with van der Waals surface area (Å²) in [5.74, 6) is 0. The van der Waals surface area contributed by atoms with Crippen molar-refractivity contribution in [3.8, 4) is 0 Å². The van der Waals surface area contributed by atoms with Crippen LogP contribution in [0.5, 0.6) is 0 Å². The van der Waals surface area contributed by atoms with Crippen molar-refractivity contribution in [1.29, 1.82) is 0 Å². The average Bonchev–Trinajstić information content (AvgIpc) is 2.17. The van der Waals surface area contributed by atoms with Crippen LogP contribution in [0.4, 0.5) is 0 Å². The Morgan fingerprint density at radius 2 is 1.81 bits per heavy atom. The van der Waals surface area contributed by atoms with E-state index in [1.165, 1.54) is 0 Å². The summed E-state index contributed by atoms with van der Waals surface area (Å²) < 4.78 is 19.3. The van der Waals surface area contributed by atoms with E-state index in [2.05, 4.69) is 17.2 Å². The SMILES string of the molecule is O=P(O)(O)OC[C@H]1O[C@@H](O)[C@H](S)[C@@H](O)[C@@H]1O. The van der Waals surface area contributed by atoms with Crippen LogP contribution >= 0.6 is 20.5 Å². The zero-order chi connectivity index (χ0) is 12.5. The number of hydrogen-bond acceptors (Lipinski definition) is 7. The zero-order valence-corrected chi connectivity index (χ0v) is 9.74. The quantitative estimate of drug-likeness (QED) is 0.253. The Bertz CT molecular complexity index is 282. The standard InChI is InChI=1S/C6H13O8PS/c7-3-2(1-13-15(10,11)12)14-6(9)5(16)4(3)8/h2-9,16H,1H2,(H2,10,11,12)/t2-,3-,4+,5-,6-/m1/s1. The van der Waals surface area contributed by atoms with Crippen molar-refractivity contribution in [3.63, 3.8) is 0 Å². The van der Waals surface area contributed by atoms with Gasteiger partial charge in [-0.15, -0.1) is 0 Å². The maximum absolute atomic E-state index is 10.4. The van der Waals surface area contributed by atoms with E-state index >= 15 is 0 Å². The van der Waals surface area contributed by atoms with E-state index in [1.807, 2.05) is 0 Å². The molecular formula is C6H13O8PS. The minimum Gasteiger partial charge on any atom is -0.389 e. The lowest BCUT2D eigenvalue weighted by Gasteiger charge is -2.38. The number of ether oxygens (including phenoxy) is 1. The Labute approximate surface area is 96.5 Å². The molecule has 0 aromatic rings. The Morgan fingerprint density at radius 1 is 1.25 bits per heavy atom. The number of aliphatic hydroxyl groups excluding tert-OH is 3. The van der Waals surface area contributed by atoms with Crippen molar-refractivity contribution < 1.29 is 38.9 Å². The molecule has 1 heterocycles. The molecule has 96 valence electrons. The number of hydrogen-bond donors (Lipinski definition) is 6. The highest BCUT2D eigenvalue weighted by Crippen LogP contribution is 2.37. The number of phosphoric acid groups is 1. The minimum absolute atomic E-state index is 0.653. The fourth-order valence-electron chi connectivity index (χ4n) is 1.24. The van der Waals surface area contributed by atoms with Gasteiger partial charge in [-0.3, -0.25) is 4.52 Å². The summed E-state index contributed by atoms with van der Waals surface area (Å²) in [7, 11) is -4.69. The molecule has 8 nitrogen and oxygen atoms in total. The van der Waals surface area contributed by atoms with Gasteiger partial charge in [0.05, 0.1) is 18.0 Å². The highest BCUT2D eigenvalue weighted by molar-refractivity contribution is 7.81. The van der Waals surface area contributed by atoms with Crippen LogP contribution in [0.3, 0.4) is 0 Å². The molecule has 0 bridgehead atoms. The number of thiol groups is 1. The molecule has 0 aromatic heterocycles. The largest absolute Gasteiger partial charge is 0.469 e. The molecular weight excluding hydrogens is 263 g/mol. The van der Waals surface area contributed by atoms with Gasteiger partial charge in [-0.2, -0.15) is 12.6 Å². The first-order valence-electron chi connectivity index (χ1n) is 4.30. The average molecular weight is 276 g/mol. The van der Waals surface area contributed by atoms with Crippen LogP contribution in [0, 0.1) is 0 Å². The smallest absolute Gasteiger partial charge is 0.389 e. The first kappa shape index (κ1) is 14.4. The predicted octanol–water partition coefficient (Wildman–Crippen LogP) is -2.17. The van der Waals surface area contributed by atoms with Crippen LogP contribution in [0.25, 0.3) is 0 Å². The van der Waals surface area contributed by atoms with Gasteiger partial charge in [0.1, 0.15) is 12.2 Å². The molecule has 1 fully saturated rings. The summed E-state index contributed by atoms with van der Waals surface area (Å²) in [4.78, 5) is 16.9. The lowest BCUT2D eigenvalue weighted by atomic mass is 10.0. The highest BCUT2D eigenvalue weighted by Gasteiger charge is 2.42. The van der Waals surface area contributed by atoms with E-state index in [0.29, 0.717) is 0 Å². The Kier molecular flexibility index (Phi) is 4.76. The van der Waals surface area contributed by atoms with Crippen LogP contribution in [0.15, 0.2) is 0 Å². The van der Waals surface area contributed by atoms with E-state index in [1.54, 1.807) is 0 Å². The van der Waals surface area contributed by atoms with Gasteiger partial charge in [-0.05, 0) is 0 Å². The molecule has 0 radical (unpaired) electrons. The van der Waals surface area contributed by atoms with Gasteiger partial charge in [0.25, 0.3) is 0 Å². The Morgan fingerprint density at radius 3 is 2.31 bits per heavy atom. The topological polar surface area (TPSA) is 137 Å². The van der Waals surface area contributed by atoms with Crippen molar-refractivity contribution >= 4 is 20.5 Å². The summed E-state index contributed by atoms with van der Waals surface area (Å²) >= 11 is 3.80. The van der Waals surface area contributed by atoms with Crippen molar-refractivity contribution in [3.05, 3.63) is 0 Å². The molecule has 1 rings (SSSR count). The molecule has 0 saturated carbocycles. The number of rotatable bonds is 3. The first-order valence-corrected chi connectivity index (χ1v) is 6.35.